The van der Waals surface area contributed by atoms with Crippen molar-refractivity contribution in [1.29, 1.82) is 0 Å². The zero-order valence-corrected chi connectivity index (χ0v) is 6.13. The third-order valence-electron chi connectivity index (χ3n) is 1.90. The first-order valence-electron chi connectivity index (χ1n) is 3.39. The minimum atomic E-state index is -0.495. The third-order valence-corrected chi connectivity index (χ3v) is 1.90. The summed E-state index contributed by atoms with van der Waals surface area (Å²) in [5, 5.41) is 8.88. The molecule has 0 saturated carbocycles. The van der Waals surface area contributed by atoms with Gasteiger partial charge in [-0.3, -0.25) is 0 Å². The van der Waals surface area contributed by atoms with Crippen LogP contribution in [0, 0.1) is 11.8 Å². The van der Waals surface area contributed by atoms with Gasteiger partial charge in [-0.05, 0) is 24.0 Å². The number of hydrogen-bond acceptors (Lipinski definition) is 1. The maximum atomic E-state index is 12.5. The summed E-state index contributed by atoms with van der Waals surface area (Å²) >= 11 is 0. The highest BCUT2D eigenvalue weighted by atomic mass is 19.1. The molecule has 0 amide bonds. The maximum absolute atomic E-state index is 12.5. The Balaban J connectivity index is 2.83. The Labute approximate surface area is 59.9 Å². The molecule has 2 heteroatoms. The van der Waals surface area contributed by atoms with Crippen LogP contribution in [-0.2, 0) is 0 Å². The monoisotopic (exact) mass is 142 g/mol. The molecule has 0 saturated heterocycles. The van der Waals surface area contributed by atoms with Crippen LogP contribution in [0.4, 0.5) is 4.39 Å². The molecule has 1 aliphatic carbocycles. The summed E-state index contributed by atoms with van der Waals surface area (Å²) in [5.41, 5.74) is 0. The average molecular weight is 142 g/mol. The van der Waals surface area contributed by atoms with E-state index < -0.39 is 5.83 Å². The summed E-state index contributed by atoms with van der Waals surface area (Å²) in [6.45, 7) is 3.87. The van der Waals surface area contributed by atoms with Gasteiger partial charge in [0.25, 0.3) is 0 Å². The van der Waals surface area contributed by atoms with Crippen LogP contribution in [0.25, 0.3) is 0 Å². The average Bonchev–Trinajstić information content (AvgIpc) is 1.84. The van der Waals surface area contributed by atoms with Crippen molar-refractivity contribution >= 4 is 0 Å². The summed E-state index contributed by atoms with van der Waals surface area (Å²) in [6, 6.07) is 0. The van der Waals surface area contributed by atoms with Gasteiger partial charge in [0.05, 0.1) is 0 Å². The van der Waals surface area contributed by atoms with Crippen molar-refractivity contribution in [3.05, 3.63) is 23.7 Å². The molecule has 0 aromatic carbocycles. The number of halogens is 1. The molecule has 56 valence electrons. The Morgan fingerprint density at radius 3 is 2.30 bits per heavy atom. The fourth-order valence-electron chi connectivity index (χ4n) is 0.948. The molecule has 0 radical (unpaired) electrons. The van der Waals surface area contributed by atoms with Crippen molar-refractivity contribution in [3.63, 3.8) is 0 Å². The molecule has 0 spiro atoms. The molecule has 1 N–H and O–H groups in total. The molecule has 0 heterocycles. The fourth-order valence-corrected chi connectivity index (χ4v) is 0.948. The molecule has 1 aliphatic rings. The molecule has 10 heavy (non-hydrogen) atoms. The highest BCUT2D eigenvalue weighted by Gasteiger charge is 2.17. The predicted molar refractivity (Wildman–Crippen MR) is 38.2 cm³/mol. The van der Waals surface area contributed by atoms with Crippen LogP contribution in [0.1, 0.15) is 13.8 Å². The molecule has 0 aromatic heterocycles. The lowest BCUT2D eigenvalue weighted by Crippen LogP contribution is -2.08. The SMILES string of the molecule is CC1C=C(O)C(F)=C[C@H]1C. The quantitative estimate of drug-likeness (QED) is 0.551. The van der Waals surface area contributed by atoms with Gasteiger partial charge in [0.15, 0.2) is 5.83 Å². The van der Waals surface area contributed by atoms with Crippen molar-refractivity contribution < 1.29 is 9.50 Å². The Kier molecular flexibility index (Phi) is 1.79. The lowest BCUT2D eigenvalue weighted by molar-refractivity contribution is 0.360. The Hall–Kier alpha value is -0.790. The number of allylic oxidation sites excluding steroid dienone is 3. The molecule has 0 aromatic rings. The van der Waals surface area contributed by atoms with Crippen LogP contribution in [-0.4, -0.2) is 5.11 Å². The summed E-state index contributed by atoms with van der Waals surface area (Å²) < 4.78 is 12.5. The summed E-state index contributed by atoms with van der Waals surface area (Å²) in [5.74, 6) is -0.286. The van der Waals surface area contributed by atoms with E-state index in [1.54, 1.807) is 6.08 Å². The minimum Gasteiger partial charge on any atom is -0.505 e. The molecule has 1 nitrogen and oxygen atoms in total. The van der Waals surface area contributed by atoms with Crippen molar-refractivity contribution in [3.8, 4) is 0 Å². The molecule has 0 bridgehead atoms. The summed E-state index contributed by atoms with van der Waals surface area (Å²) in [4.78, 5) is 0. The third kappa shape index (κ3) is 1.20. The Morgan fingerprint density at radius 1 is 1.30 bits per heavy atom. The van der Waals surface area contributed by atoms with Crippen LogP contribution in [0.5, 0.6) is 0 Å². The minimum absolute atomic E-state index is 0.191. The van der Waals surface area contributed by atoms with E-state index in [2.05, 4.69) is 0 Å². The summed E-state index contributed by atoms with van der Waals surface area (Å²) in [7, 11) is 0. The van der Waals surface area contributed by atoms with E-state index in [1.165, 1.54) is 6.08 Å². The van der Waals surface area contributed by atoms with Crippen molar-refractivity contribution in [2.75, 3.05) is 0 Å². The highest BCUT2D eigenvalue weighted by molar-refractivity contribution is 5.24. The van der Waals surface area contributed by atoms with Crippen LogP contribution in [0.3, 0.4) is 0 Å². The molecule has 2 atom stereocenters. The van der Waals surface area contributed by atoms with Crippen molar-refractivity contribution in [2.24, 2.45) is 11.8 Å². The number of aliphatic hydroxyl groups excluding tert-OH is 1. The lowest BCUT2D eigenvalue weighted by atomic mass is 9.91. The topological polar surface area (TPSA) is 20.2 Å². The number of rotatable bonds is 0. The van der Waals surface area contributed by atoms with Crippen LogP contribution < -0.4 is 0 Å². The Bertz CT molecular complexity index is 171. The Morgan fingerprint density at radius 2 is 1.80 bits per heavy atom. The van der Waals surface area contributed by atoms with Gasteiger partial charge >= 0.3 is 0 Å². The highest BCUT2D eigenvalue weighted by Crippen LogP contribution is 2.26. The standard InChI is InChI=1S/C8H11FO/c1-5-3-7(9)8(10)4-6(5)2/h3-6,10H,1-2H3/t5-,6?/m1/s1. The van der Waals surface area contributed by atoms with Gasteiger partial charge in [-0.15, -0.1) is 0 Å². The smallest absolute Gasteiger partial charge is 0.160 e. The normalized spacial score (nSPS) is 33.1. The van der Waals surface area contributed by atoms with E-state index in [1.807, 2.05) is 13.8 Å². The van der Waals surface area contributed by atoms with Crippen LogP contribution >= 0.6 is 0 Å². The van der Waals surface area contributed by atoms with Gasteiger partial charge in [0.2, 0.25) is 0 Å². The second-order valence-corrected chi connectivity index (χ2v) is 2.78. The van der Waals surface area contributed by atoms with E-state index in [4.69, 9.17) is 5.11 Å². The number of hydrogen-bond donors (Lipinski definition) is 1. The molecule has 0 fully saturated rings. The second-order valence-electron chi connectivity index (χ2n) is 2.78. The van der Waals surface area contributed by atoms with Gasteiger partial charge in [-0.2, -0.15) is 0 Å². The van der Waals surface area contributed by atoms with Crippen molar-refractivity contribution in [2.45, 2.75) is 13.8 Å². The molecular weight excluding hydrogens is 131 g/mol. The van der Waals surface area contributed by atoms with E-state index in [9.17, 15) is 4.39 Å². The summed E-state index contributed by atoms with van der Waals surface area (Å²) in [6.07, 6.45) is 2.99. The van der Waals surface area contributed by atoms with Crippen LogP contribution in [0.2, 0.25) is 0 Å². The first-order chi connectivity index (χ1) is 4.61. The van der Waals surface area contributed by atoms with Crippen molar-refractivity contribution in [1.82, 2.24) is 0 Å². The maximum Gasteiger partial charge on any atom is 0.160 e. The molecule has 0 aliphatic heterocycles. The van der Waals surface area contributed by atoms with Gasteiger partial charge in [-0.25, -0.2) is 4.39 Å². The zero-order valence-electron chi connectivity index (χ0n) is 6.13. The molecule has 1 rings (SSSR count). The van der Waals surface area contributed by atoms with E-state index >= 15 is 0 Å². The molecular formula is C8H11FO. The fraction of sp³-hybridized carbons (Fsp3) is 0.500. The lowest BCUT2D eigenvalue weighted by Gasteiger charge is -2.17. The second kappa shape index (κ2) is 2.45. The van der Waals surface area contributed by atoms with Gasteiger partial charge < -0.3 is 5.11 Å². The van der Waals surface area contributed by atoms with E-state index in [-0.39, 0.29) is 17.6 Å². The van der Waals surface area contributed by atoms with Crippen LogP contribution in [0.15, 0.2) is 23.7 Å². The first kappa shape index (κ1) is 7.32. The first-order valence-corrected chi connectivity index (χ1v) is 3.39. The van der Waals surface area contributed by atoms with E-state index in [0.29, 0.717) is 0 Å². The largest absolute Gasteiger partial charge is 0.505 e. The predicted octanol–water partition coefficient (Wildman–Crippen LogP) is 2.57. The zero-order chi connectivity index (χ0) is 7.72. The van der Waals surface area contributed by atoms with Gasteiger partial charge in [0.1, 0.15) is 5.76 Å². The number of aliphatic hydroxyl groups is 1. The van der Waals surface area contributed by atoms with E-state index in [0.717, 1.165) is 0 Å². The van der Waals surface area contributed by atoms with Gasteiger partial charge in [0, 0.05) is 0 Å². The van der Waals surface area contributed by atoms with Gasteiger partial charge in [-0.1, -0.05) is 13.8 Å². The molecule has 1 unspecified atom stereocenters.